The van der Waals surface area contributed by atoms with E-state index >= 15 is 0 Å². The van der Waals surface area contributed by atoms with Crippen molar-refractivity contribution >= 4 is 35.0 Å². The van der Waals surface area contributed by atoms with E-state index < -0.39 is 18.2 Å². The van der Waals surface area contributed by atoms with E-state index in [1.807, 2.05) is 0 Å². The number of amides is 2. The maximum Gasteiger partial charge on any atom is 0.246 e. The van der Waals surface area contributed by atoms with Crippen LogP contribution in [0.15, 0.2) is 12.1 Å². The van der Waals surface area contributed by atoms with Gasteiger partial charge in [-0.3, -0.25) is 9.59 Å². The third-order valence-corrected chi connectivity index (χ3v) is 6.35. The number of hydrogen-bond donors (Lipinski definition) is 2. The molecule has 3 aliphatic heterocycles. The van der Waals surface area contributed by atoms with Gasteiger partial charge in [-0.05, 0) is 30.9 Å². The van der Waals surface area contributed by atoms with Gasteiger partial charge in [0.1, 0.15) is 17.8 Å². The normalized spacial score (nSPS) is 32.0. The lowest BCUT2D eigenvalue weighted by atomic mass is 9.83. The van der Waals surface area contributed by atoms with Crippen LogP contribution >= 0.6 is 23.2 Å². The summed E-state index contributed by atoms with van der Waals surface area (Å²) < 4.78 is 0. The highest BCUT2D eigenvalue weighted by molar-refractivity contribution is 6.42. The molecule has 0 radical (unpaired) electrons. The Balaban J connectivity index is 1.64. The van der Waals surface area contributed by atoms with Gasteiger partial charge in [0.15, 0.2) is 0 Å². The van der Waals surface area contributed by atoms with Crippen LogP contribution in [0.5, 0.6) is 5.75 Å². The minimum atomic E-state index is -0.651. The SMILES string of the molecule is O=C1[C@H]2C[C@H](O)CN2C(=O)[C@H]2C[C@@H](c3c(O)ccc(Cl)c3Cl)CCN12. The topological polar surface area (TPSA) is 81.1 Å². The van der Waals surface area contributed by atoms with Crippen molar-refractivity contribution in [1.82, 2.24) is 9.80 Å². The molecule has 1 aromatic carbocycles. The number of piperazine rings is 1. The Kier molecular flexibility index (Phi) is 4.09. The standard InChI is InChI=1S/C17H18Cl2N2O4/c18-10-1-2-13(23)14(15(10)19)8-3-4-20-11(5-8)17(25)21-7-9(22)6-12(21)16(20)24/h1-2,8-9,11-12,22-23H,3-7H2/t8-,9-,11+,12+/m0/s1. The fourth-order valence-electron chi connectivity index (χ4n) is 4.34. The molecule has 3 heterocycles. The lowest BCUT2D eigenvalue weighted by Crippen LogP contribution is -2.64. The zero-order valence-electron chi connectivity index (χ0n) is 13.4. The summed E-state index contributed by atoms with van der Waals surface area (Å²) in [5.74, 6) is -0.338. The molecule has 1 aromatic rings. The van der Waals surface area contributed by atoms with Gasteiger partial charge in [0, 0.05) is 25.1 Å². The van der Waals surface area contributed by atoms with Gasteiger partial charge in [0.2, 0.25) is 11.8 Å². The second-order valence-electron chi connectivity index (χ2n) is 6.96. The Morgan fingerprint density at radius 1 is 1.04 bits per heavy atom. The van der Waals surface area contributed by atoms with Crippen molar-refractivity contribution in [3.63, 3.8) is 0 Å². The van der Waals surface area contributed by atoms with Crippen LogP contribution in [-0.4, -0.2) is 63.1 Å². The van der Waals surface area contributed by atoms with Gasteiger partial charge in [-0.25, -0.2) is 0 Å². The van der Waals surface area contributed by atoms with E-state index in [9.17, 15) is 19.8 Å². The molecule has 0 aliphatic carbocycles. The van der Waals surface area contributed by atoms with Crippen molar-refractivity contribution in [3.8, 4) is 5.75 Å². The predicted octanol–water partition coefficient (Wildman–Crippen LogP) is 1.75. The quantitative estimate of drug-likeness (QED) is 0.772. The van der Waals surface area contributed by atoms with Crippen LogP contribution in [0, 0.1) is 0 Å². The molecule has 134 valence electrons. The number of benzene rings is 1. The van der Waals surface area contributed by atoms with Gasteiger partial charge in [-0.15, -0.1) is 0 Å². The van der Waals surface area contributed by atoms with E-state index in [1.54, 1.807) is 4.90 Å². The molecule has 0 saturated carbocycles. The van der Waals surface area contributed by atoms with Gasteiger partial charge >= 0.3 is 0 Å². The van der Waals surface area contributed by atoms with Crippen molar-refractivity contribution in [2.45, 2.75) is 43.4 Å². The first-order valence-electron chi connectivity index (χ1n) is 8.34. The number of phenols is 1. The molecular formula is C17H18Cl2N2O4. The van der Waals surface area contributed by atoms with Crippen LogP contribution < -0.4 is 0 Å². The number of halogens is 2. The molecule has 25 heavy (non-hydrogen) atoms. The number of hydrogen-bond acceptors (Lipinski definition) is 4. The van der Waals surface area contributed by atoms with Crippen LogP contribution in [0.1, 0.15) is 30.7 Å². The minimum absolute atomic E-state index is 0.0527. The highest BCUT2D eigenvalue weighted by Gasteiger charge is 2.52. The molecule has 0 unspecified atom stereocenters. The number of rotatable bonds is 1. The predicted molar refractivity (Wildman–Crippen MR) is 91.7 cm³/mol. The van der Waals surface area contributed by atoms with Crippen molar-refractivity contribution in [2.75, 3.05) is 13.1 Å². The number of aliphatic hydroxyl groups is 1. The third-order valence-electron chi connectivity index (χ3n) is 5.54. The summed E-state index contributed by atoms with van der Waals surface area (Å²) in [4.78, 5) is 28.6. The molecular weight excluding hydrogens is 367 g/mol. The van der Waals surface area contributed by atoms with Crippen LogP contribution in [-0.2, 0) is 9.59 Å². The molecule has 0 spiro atoms. The first-order chi connectivity index (χ1) is 11.9. The summed E-state index contributed by atoms with van der Waals surface area (Å²) in [6, 6.07) is 1.90. The number of aromatic hydroxyl groups is 1. The molecule has 4 rings (SSSR count). The van der Waals surface area contributed by atoms with E-state index in [4.69, 9.17) is 23.2 Å². The number of fused-ring (bicyclic) bond motifs is 2. The first kappa shape index (κ1) is 16.9. The lowest BCUT2D eigenvalue weighted by Gasteiger charge is -2.46. The Bertz CT molecular complexity index is 756. The van der Waals surface area contributed by atoms with E-state index in [-0.39, 0.29) is 30.0 Å². The smallest absolute Gasteiger partial charge is 0.246 e. The molecule has 0 bridgehead atoms. The van der Waals surface area contributed by atoms with E-state index in [1.165, 1.54) is 17.0 Å². The number of nitrogens with zero attached hydrogens (tertiary/aromatic N) is 2. The highest BCUT2D eigenvalue weighted by atomic mass is 35.5. The Morgan fingerprint density at radius 3 is 2.48 bits per heavy atom. The summed E-state index contributed by atoms with van der Waals surface area (Å²) in [5.41, 5.74) is 0.539. The monoisotopic (exact) mass is 384 g/mol. The molecule has 6 nitrogen and oxygen atoms in total. The largest absolute Gasteiger partial charge is 0.508 e. The van der Waals surface area contributed by atoms with Gasteiger partial charge in [0.05, 0.1) is 16.1 Å². The van der Waals surface area contributed by atoms with Crippen LogP contribution in [0.4, 0.5) is 0 Å². The van der Waals surface area contributed by atoms with Gasteiger partial charge in [0.25, 0.3) is 0 Å². The fourth-order valence-corrected chi connectivity index (χ4v) is 4.82. The van der Waals surface area contributed by atoms with Gasteiger partial charge in [-0.2, -0.15) is 0 Å². The van der Waals surface area contributed by atoms with E-state index in [0.717, 1.165) is 0 Å². The molecule has 0 aromatic heterocycles. The number of carbonyl (C=O) groups excluding carboxylic acids is 2. The van der Waals surface area contributed by atoms with Crippen molar-refractivity contribution in [3.05, 3.63) is 27.7 Å². The number of piperidine rings is 1. The van der Waals surface area contributed by atoms with Crippen LogP contribution in [0.2, 0.25) is 10.0 Å². The van der Waals surface area contributed by atoms with E-state index in [0.29, 0.717) is 41.4 Å². The molecule has 3 saturated heterocycles. The molecule has 4 atom stereocenters. The van der Waals surface area contributed by atoms with Gasteiger partial charge in [-0.1, -0.05) is 23.2 Å². The lowest BCUT2D eigenvalue weighted by molar-refractivity contribution is -0.161. The van der Waals surface area contributed by atoms with Crippen LogP contribution in [0.25, 0.3) is 0 Å². The highest BCUT2D eigenvalue weighted by Crippen LogP contribution is 2.44. The second kappa shape index (κ2) is 6.04. The Hall–Kier alpha value is -1.50. The van der Waals surface area contributed by atoms with E-state index in [2.05, 4.69) is 0 Å². The maximum atomic E-state index is 12.8. The maximum absolute atomic E-state index is 12.8. The molecule has 3 aliphatic rings. The molecule has 2 amide bonds. The fraction of sp³-hybridized carbons (Fsp3) is 0.529. The number of carbonyl (C=O) groups is 2. The zero-order chi connectivity index (χ0) is 17.9. The molecule has 3 fully saturated rings. The third kappa shape index (κ3) is 2.58. The van der Waals surface area contributed by atoms with Crippen LogP contribution in [0.3, 0.4) is 0 Å². The summed E-state index contributed by atoms with van der Waals surface area (Å²) in [7, 11) is 0. The molecule has 2 N–H and O–H groups in total. The summed E-state index contributed by atoms with van der Waals surface area (Å²) in [6.07, 6.45) is 0.634. The molecule has 8 heteroatoms. The Morgan fingerprint density at radius 2 is 1.72 bits per heavy atom. The van der Waals surface area contributed by atoms with Gasteiger partial charge < -0.3 is 20.0 Å². The van der Waals surface area contributed by atoms with Crippen molar-refractivity contribution < 1.29 is 19.8 Å². The number of phenolic OH excluding ortho intramolecular Hbond substituents is 1. The zero-order valence-corrected chi connectivity index (χ0v) is 14.9. The average Bonchev–Trinajstić information content (AvgIpc) is 2.98. The summed E-state index contributed by atoms with van der Waals surface area (Å²) in [5, 5.41) is 20.7. The minimum Gasteiger partial charge on any atom is -0.508 e. The Labute approximate surface area is 154 Å². The van der Waals surface area contributed by atoms with Crippen molar-refractivity contribution in [2.24, 2.45) is 0 Å². The number of aliphatic hydroxyl groups excluding tert-OH is 1. The summed E-state index contributed by atoms with van der Waals surface area (Å²) >= 11 is 12.4. The first-order valence-corrected chi connectivity index (χ1v) is 9.10. The average molecular weight is 385 g/mol. The summed E-state index contributed by atoms with van der Waals surface area (Å²) in [6.45, 7) is 0.621. The second-order valence-corrected chi connectivity index (χ2v) is 7.74. The van der Waals surface area contributed by atoms with Crippen molar-refractivity contribution in [1.29, 1.82) is 0 Å².